The second-order valence-corrected chi connectivity index (χ2v) is 0. The van der Waals surface area contributed by atoms with Gasteiger partial charge in [0.05, 0.1) is 0 Å². The smallest absolute Gasteiger partial charge is 0 e. The maximum atomic E-state index is 0. The van der Waals surface area contributed by atoms with Gasteiger partial charge in [0.15, 0.2) is 0 Å². The van der Waals surface area contributed by atoms with E-state index in [2.05, 4.69) is 0 Å². The van der Waals surface area contributed by atoms with Crippen LogP contribution in [0.1, 0.15) is 0 Å². The minimum atomic E-state index is 0. The van der Waals surface area contributed by atoms with Crippen molar-refractivity contribution in [1.82, 2.24) is 0 Å². The van der Waals surface area contributed by atoms with E-state index in [1.54, 1.807) is 0 Å². The van der Waals surface area contributed by atoms with Gasteiger partial charge < -0.3 is 0 Å². The quantitative estimate of drug-likeness (QED) is 0.531. The number of hydrogen-bond donors (Lipinski definition) is 0. The van der Waals surface area contributed by atoms with Crippen molar-refractivity contribution in [3.8, 4) is 0 Å². The van der Waals surface area contributed by atoms with Crippen LogP contribution in [-0.2, 0) is 70.4 Å². The maximum Gasteiger partial charge on any atom is 0 e. The molecule has 0 fully saturated rings. The predicted octanol–water partition coefficient (Wildman–Crippen LogP) is -0.391. The summed E-state index contributed by atoms with van der Waals surface area (Å²) in [5, 5.41) is 0. The van der Waals surface area contributed by atoms with Crippen molar-refractivity contribution in [1.29, 1.82) is 0 Å². The first kappa shape index (κ1) is 39.6. The second-order valence-electron chi connectivity index (χ2n) is 0. The first-order valence-electron chi connectivity index (χ1n) is 0. The van der Waals surface area contributed by atoms with Crippen LogP contribution in [-0.4, -0.2) is 37.7 Å². The number of hydrogen-bond acceptors (Lipinski definition) is 0. The van der Waals surface area contributed by atoms with Crippen LogP contribution in [0, 0.1) is 0 Å². The predicted molar refractivity (Wildman–Crippen MR) is 5.75 cm³/mol. The summed E-state index contributed by atoms with van der Waals surface area (Å²) in [6.07, 6.45) is 0. The normalized spacial score (nSPS) is 0. The molecule has 0 heterocycles. The fraction of sp³-hybridized carbons (Fsp3) is 0. The minimum absolute atomic E-state index is 0. The molecule has 0 nitrogen and oxygen atoms in total. The third-order valence-electron chi connectivity index (χ3n) is 0. The van der Waals surface area contributed by atoms with E-state index in [0.717, 1.165) is 0 Å². The summed E-state index contributed by atoms with van der Waals surface area (Å²) in [4.78, 5) is 0. The molecule has 0 atom stereocenters. The zero-order valence-electron chi connectivity index (χ0n) is 2.43. The molecule has 0 aromatic carbocycles. The molecule has 5 heavy (non-hydrogen) atoms. The van der Waals surface area contributed by atoms with Gasteiger partial charge in [-0.1, -0.05) is 0 Å². The Balaban J connectivity index is 0. The van der Waals surface area contributed by atoms with Crippen LogP contribution in [0.4, 0.5) is 0 Å². The zero-order chi connectivity index (χ0) is 0. The summed E-state index contributed by atoms with van der Waals surface area (Å²) in [5.74, 6) is 0. The van der Waals surface area contributed by atoms with Crippen molar-refractivity contribution in [2.24, 2.45) is 0 Å². The molecule has 0 saturated carbocycles. The van der Waals surface area contributed by atoms with Crippen LogP contribution < -0.4 is 0 Å². The fourth-order valence-corrected chi connectivity index (χ4v) is 0. The van der Waals surface area contributed by atoms with Gasteiger partial charge in [0.1, 0.15) is 0 Å². The van der Waals surface area contributed by atoms with E-state index < -0.39 is 0 Å². The van der Waals surface area contributed by atoms with Gasteiger partial charge in [0, 0.05) is 108 Å². The van der Waals surface area contributed by atoms with Gasteiger partial charge in [-0.2, -0.15) is 0 Å². The molecule has 5 radical (unpaired) electrons. The molecule has 0 aliphatic rings. The first-order chi connectivity index (χ1) is 0. The average molecular weight is 283 g/mol. The summed E-state index contributed by atoms with van der Waals surface area (Å²) in [7, 11) is 0. The molecule has 5 heteroatoms. The summed E-state index contributed by atoms with van der Waals surface area (Å²) in [6, 6.07) is 0. The molecule has 0 saturated heterocycles. The second kappa shape index (κ2) is 26.1. The Labute approximate surface area is 106 Å². The van der Waals surface area contributed by atoms with Gasteiger partial charge >= 0.3 is 0 Å². The van der Waals surface area contributed by atoms with Crippen LogP contribution in [0.2, 0.25) is 0 Å². The van der Waals surface area contributed by atoms with Crippen LogP contribution >= 0.6 is 0 Å². The molecule has 0 aromatic rings. The summed E-state index contributed by atoms with van der Waals surface area (Å²) >= 11 is 0. The molecule has 0 rings (SSSR count). The molecule has 0 unspecified atom stereocenters. The molecule has 31 valence electrons. The Morgan fingerprint density at radius 3 is 1.00 bits per heavy atom. The van der Waals surface area contributed by atoms with Crippen molar-refractivity contribution in [2.45, 2.75) is 0 Å². The standard InChI is InChI=1S/Ca.Co.Cu.Mn.Zn. The van der Waals surface area contributed by atoms with Gasteiger partial charge in [-0.25, -0.2) is 0 Å². The molecular formula is CaCoCuMnZn. The Hall–Kier alpha value is 3.43. The van der Waals surface area contributed by atoms with Crippen LogP contribution in [0.5, 0.6) is 0 Å². The van der Waals surface area contributed by atoms with Crippen LogP contribution in [0.25, 0.3) is 0 Å². The van der Waals surface area contributed by atoms with Crippen LogP contribution in [0.15, 0.2) is 0 Å². The molecular weight excluding hydrogens is 283 g/mol. The van der Waals surface area contributed by atoms with Gasteiger partial charge in [0.25, 0.3) is 0 Å². The molecule has 0 N–H and O–H groups in total. The van der Waals surface area contributed by atoms with Gasteiger partial charge in [-0.15, -0.1) is 0 Å². The van der Waals surface area contributed by atoms with E-state index >= 15 is 0 Å². The van der Waals surface area contributed by atoms with Gasteiger partial charge in [-0.3, -0.25) is 0 Å². The van der Waals surface area contributed by atoms with Crippen LogP contribution in [0.3, 0.4) is 0 Å². The minimum Gasteiger partial charge on any atom is 0 e. The van der Waals surface area contributed by atoms with Crippen molar-refractivity contribution in [2.75, 3.05) is 0 Å². The zero-order valence-corrected chi connectivity index (χ0v) is 10.8. The molecule has 0 aromatic heterocycles. The molecule has 0 bridgehead atoms. The van der Waals surface area contributed by atoms with Crippen molar-refractivity contribution in [3.05, 3.63) is 0 Å². The SMILES string of the molecule is [Ca].[Co].[Cu].[Mn].[Zn]. The van der Waals surface area contributed by atoms with E-state index in [9.17, 15) is 0 Å². The Morgan fingerprint density at radius 1 is 1.00 bits per heavy atom. The van der Waals surface area contributed by atoms with Crippen molar-refractivity contribution in [3.63, 3.8) is 0 Å². The maximum absolute atomic E-state index is 0. The van der Waals surface area contributed by atoms with Gasteiger partial charge in [0.2, 0.25) is 0 Å². The largest absolute Gasteiger partial charge is 0 e. The molecule has 0 aliphatic heterocycles. The molecule has 0 spiro atoms. The molecule has 0 amide bonds. The van der Waals surface area contributed by atoms with Crippen molar-refractivity contribution < 1.29 is 70.4 Å². The third-order valence-corrected chi connectivity index (χ3v) is 0. The third kappa shape index (κ3) is 18.6. The van der Waals surface area contributed by atoms with E-state index in [1.807, 2.05) is 0 Å². The van der Waals surface area contributed by atoms with E-state index in [0.29, 0.717) is 0 Å². The topological polar surface area (TPSA) is 0 Å². The van der Waals surface area contributed by atoms with Gasteiger partial charge in [-0.05, 0) is 0 Å². The number of rotatable bonds is 0. The Morgan fingerprint density at radius 2 is 1.00 bits per heavy atom. The van der Waals surface area contributed by atoms with E-state index in [4.69, 9.17) is 0 Å². The Bertz CT molecular complexity index is 11.6. The fourth-order valence-electron chi connectivity index (χ4n) is 0. The summed E-state index contributed by atoms with van der Waals surface area (Å²) in [5.41, 5.74) is 0. The average Bonchev–Trinajstić information content (AvgIpc) is 0. The van der Waals surface area contributed by atoms with Crippen molar-refractivity contribution >= 4 is 37.7 Å². The first-order valence-corrected chi connectivity index (χ1v) is 0. The van der Waals surface area contributed by atoms with E-state index in [-0.39, 0.29) is 108 Å². The Kier molecular flexibility index (Phi) is 207. The summed E-state index contributed by atoms with van der Waals surface area (Å²) in [6.45, 7) is 0. The molecule has 0 aliphatic carbocycles. The monoisotopic (exact) mass is 281 g/mol. The van der Waals surface area contributed by atoms with E-state index in [1.165, 1.54) is 0 Å². The summed E-state index contributed by atoms with van der Waals surface area (Å²) < 4.78 is 0.